The molecule has 7 heteroatoms. The lowest BCUT2D eigenvalue weighted by atomic mass is 10.1. The van der Waals surface area contributed by atoms with Crippen LogP contribution in [-0.4, -0.2) is 10.9 Å². The summed E-state index contributed by atoms with van der Waals surface area (Å²) in [6, 6.07) is 14.5. The quantitative estimate of drug-likeness (QED) is 0.543. The molecule has 26 heavy (non-hydrogen) atoms. The van der Waals surface area contributed by atoms with E-state index >= 15 is 0 Å². The summed E-state index contributed by atoms with van der Waals surface area (Å²) in [6.45, 7) is 1.67. The third kappa shape index (κ3) is 3.51. The van der Waals surface area contributed by atoms with E-state index in [1.165, 1.54) is 0 Å². The predicted molar refractivity (Wildman–Crippen MR) is 91.8 cm³/mol. The van der Waals surface area contributed by atoms with Crippen molar-refractivity contribution in [2.45, 2.75) is 6.92 Å². The lowest BCUT2D eigenvalue weighted by Gasteiger charge is -2.12. The van der Waals surface area contributed by atoms with Crippen molar-refractivity contribution in [1.82, 2.24) is 10.4 Å². The van der Waals surface area contributed by atoms with Gasteiger partial charge in [0.15, 0.2) is 17.5 Å². The highest BCUT2D eigenvalue weighted by Gasteiger charge is 2.15. The first-order chi connectivity index (χ1) is 12.5. The first kappa shape index (κ1) is 17.5. The molecule has 2 aromatic carbocycles. The zero-order chi connectivity index (χ0) is 18.7. The molecule has 0 aliphatic carbocycles. The Morgan fingerprint density at radius 3 is 2.35 bits per heavy atom. The van der Waals surface area contributed by atoms with Gasteiger partial charge in [-0.25, -0.2) is 13.2 Å². The Kier molecular flexibility index (Phi) is 4.88. The van der Waals surface area contributed by atoms with Gasteiger partial charge in [-0.2, -0.15) is 0 Å². The van der Waals surface area contributed by atoms with E-state index in [9.17, 15) is 18.0 Å². The van der Waals surface area contributed by atoms with Gasteiger partial charge in [0, 0.05) is 5.56 Å². The third-order valence-corrected chi connectivity index (χ3v) is 3.75. The summed E-state index contributed by atoms with van der Waals surface area (Å²) >= 11 is 0. The maximum atomic E-state index is 13.6. The van der Waals surface area contributed by atoms with Crippen LogP contribution in [0.15, 0.2) is 54.6 Å². The van der Waals surface area contributed by atoms with Crippen LogP contribution < -0.4 is 10.9 Å². The molecule has 0 fully saturated rings. The number of hydrogen-bond acceptors (Lipinski definition) is 3. The Morgan fingerprint density at radius 2 is 1.65 bits per heavy atom. The molecule has 1 amide bonds. The zero-order valence-electron chi connectivity index (χ0n) is 13.7. The smallest absolute Gasteiger partial charge is 0.271 e. The van der Waals surface area contributed by atoms with Crippen molar-refractivity contribution in [3.05, 3.63) is 83.3 Å². The van der Waals surface area contributed by atoms with Crippen LogP contribution in [0.1, 0.15) is 16.1 Å². The van der Waals surface area contributed by atoms with Crippen LogP contribution in [0.25, 0.3) is 11.3 Å². The van der Waals surface area contributed by atoms with Gasteiger partial charge in [-0.15, -0.1) is 0 Å². The maximum absolute atomic E-state index is 13.6. The highest BCUT2D eigenvalue weighted by molar-refractivity contribution is 5.96. The summed E-state index contributed by atoms with van der Waals surface area (Å²) in [6.07, 6.45) is 0. The number of rotatable bonds is 4. The summed E-state index contributed by atoms with van der Waals surface area (Å²) in [4.78, 5) is 16.6. The van der Waals surface area contributed by atoms with E-state index < -0.39 is 23.4 Å². The van der Waals surface area contributed by atoms with Gasteiger partial charge in [0.2, 0.25) is 0 Å². The highest BCUT2D eigenvalue weighted by Crippen LogP contribution is 2.20. The number of nitrogens with one attached hydrogen (secondary N) is 2. The third-order valence-electron chi connectivity index (χ3n) is 3.75. The number of aromatic nitrogens is 1. The topological polar surface area (TPSA) is 54.0 Å². The van der Waals surface area contributed by atoms with Crippen molar-refractivity contribution >= 4 is 11.6 Å². The second kappa shape index (κ2) is 7.26. The molecule has 0 spiro atoms. The number of amides is 1. The number of halogens is 3. The largest absolute Gasteiger partial charge is 0.295 e. The van der Waals surface area contributed by atoms with Gasteiger partial charge >= 0.3 is 0 Å². The predicted octanol–water partition coefficient (Wildman–Crippen LogP) is 4.23. The molecule has 1 aromatic heterocycles. The molecule has 3 rings (SSSR count). The molecule has 132 valence electrons. The first-order valence-corrected chi connectivity index (χ1v) is 7.70. The van der Waals surface area contributed by atoms with Crippen LogP contribution in [0.5, 0.6) is 0 Å². The van der Waals surface area contributed by atoms with Gasteiger partial charge in [-0.3, -0.25) is 20.6 Å². The fourth-order valence-electron chi connectivity index (χ4n) is 2.38. The van der Waals surface area contributed by atoms with Crippen molar-refractivity contribution in [1.29, 1.82) is 0 Å². The lowest BCUT2D eigenvalue weighted by Crippen LogP contribution is -2.30. The van der Waals surface area contributed by atoms with Crippen LogP contribution in [0.3, 0.4) is 0 Å². The monoisotopic (exact) mass is 357 g/mol. The molecule has 0 aliphatic rings. The van der Waals surface area contributed by atoms with E-state index in [1.54, 1.807) is 19.1 Å². The molecule has 0 aliphatic heterocycles. The summed E-state index contributed by atoms with van der Waals surface area (Å²) < 4.78 is 39.7. The molecule has 0 saturated carbocycles. The molecular formula is C19H14F3N3O. The van der Waals surface area contributed by atoms with E-state index in [1.807, 2.05) is 30.3 Å². The minimum Gasteiger partial charge on any atom is -0.295 e. The number of anilines is 1. The minimum absolute atomic E-state index is 0.264. The molecule has 3 aromatic rings. The number of hydrogen-bond donors (Lipinski definition) is 2. The number of benzene rings is 2. The number of aryl methyl sites for hydroxylation is 1. The summed E-state index contributed by atoms with van der Waals surface area (Å²) in [7, 11) is 0. The Labute approximate surface area is 147 Å². The van der Waals surface area contributed by atoms with E-state index in [0.29, 0.717) is 11.4 Å². The number of hydrazine groups is 1. The number of nitrogens with zero attached hydrogens (tertiary/aromatic N) is 1. The average Bonchev–Trinajstić information content (AvgIpc) is 2.66. The normalized spacial score (nSPS) is 10.5. The molecule has 0 radical (unpaired) electrons. The van der Waals surface area contributed by atoms with Gasteiger partial charge in [0.05, 0.1) is 22.6 Å². The molecule has 0 bridgehead atoms. The summed E-state index contributed by atoms with van der Waals surface area (Å²) in [5.74, 6) is -4.93. The van der Waals surface area contributed by atoms with Crippen molar-refractivity contribution in [3.63, 3.8) is 0 Å². The Bertz CT molecular complexity index is 962. The molecule has 0 atom stereocenters. The van der Waals surface area contributed by atoms with Crippen LogP contribution in [0.4, 0.5) is 18.9 Å². The van der Waals surface area contributed by atoms with E-state index in [-0.39, 0.29) is 11.3 Å². The maximum Gasteiger partial charge on any atom is 0.271 e. The van der Waals surface area contributed by atoms with Crippen molar-refractivity contribution in [3.8, 4) is 11.3 Å². The first-order valence-electron chi connectivity index (χ1n) is 7.70. The van der Waals surface area contributed by atoms with Crippen LogP contribution in [0.2, 0.25) is 0 Å². The van der Waals surface area contributed by atoms with Gasteiger partial charge in [0.25, 0.3) is 5.91 Å². The SMILES string of the molecule is Cc1nc(-c2ccccc2)ccc1C(=O)NNc1ccc(F)c(F)c1F. The van der Waals surface area contributed by atoms with Crippen molar-refractivity contribution in [2.24, 2.45) is 0 Å². The second-order valence-electron chi connectivity index (χ2n) is 5.50. The van der Waals surface area contributed by atoms with Crippen LogP contribution in [0, 0.1) is 24.4 Å². The molecule has 0 saturated heterocycles. The van der Waals surface area contributed by atoms with E-state index in [0.717, 1.165) is 17.7 Å². The lowest BCUT2D eigenvalue weighted by molar-refractivity contribution is 0.0961. The average molecular weight is 357 g/mol. The number of pyridine rings is 1. The van der Waals surface area contributed by atoms with Crippen molar-refractivity contribution in [2.75, 3.05) is 5.43 Å². The molecule has 1 heterocycles. The highest BCUT2D eigenvalue weighted by atomic mass is 19.2. The van der Waals surface area contributed by atoms with Crippen molar-refractivity contribution < 1.29 is 18.0 Å². The Hall–Kier alpha value is -3.35. The number of carbonyl (C=O) groups excluding carboxylic acids is 1. The molecule has 2 N–H and O–H groups in total. The fourth-order valence-corrected chi connectivity index (χ4v) is 2.38. The molecule has 0 unspecified atom stereocenters. The summed E-state index contributed by atoms with van der Waals surface area (Å²) in [5, 5.41) is 0. The van der Waals surface area contributed by atoms with Gasteiger partial charge in [0.1, 0.15) is 0 Å². The Balaban J connectivity index is 1.75. The van der Waals surface area contributed by atoms with Gasteiger partial charge in [-0.05, 0) is 31.2 Å². The zero-order valence-corrected chi connectivity index (χ0v) is 13.7. The van der Waals surface area contributed by atoms with Crippen LogP contribution >= 0.6 is 0 Å². The Morgan fingerprint density at radius 1 is 0.923 bits per heavy atom. The standard InChI is InChI=1S/C19H14F3N3O/c1-11-13(7-9-15(23-11)12-5-3-2-4-6-12)19(26)25-24-16-10-8-14(20)17(21)18(16)22/h2-10,24H,1H3,(H,25,26). The van der Waals surface area contributed by atoms with E-state index in [2.05, 4.69) is 15.8 Å². The molecule has 4 nitrogen and oxygen atoms in total. The number of carbonyl (C=O) groups is 1. The van der Waals surface area contributed by atoms with E-state index in [4.69, 9.17) is 0 Å². The molecular weight excluding hydrogens is 343 g/mol. The summed E-state index contributed by atoms with van der Waals surface area (Å²) in [5.41, 5.74) is 6.45. The van der Waals surface area contributed by atoms with Crippen LogP contribution in [-0.2, 0) is 0 Å². The fraction of sp³-hybridized carbons (Fsp3) is 0.0526. The van der Waals surface area contributed by atoms with Gasteiger partial charge in [-0.1, -0.05) is 30.3 Å². The second-order valence-corrected chi connectivity index (χ2v) is 5.50. The van der Waals surface area contributed by atoms with Gasteiger partial charge < -0.3 is 0 Å². The minimum atomic E-state index is -1.62.